The standard InChI is InChI=1S/C12H21NO4/c1-12(2)7-13(5-9(6-14)17-12)10(11(15)16)8-3-4-8/h8-10,14H,3-7H2,1-2H3,(H,15,16). The van der Waals surface area contributed by atoms with E-state index in [1.54, 1.807) is 0 Å². The zero-order valence-electron chi connectivity index (χ0n) is 10.4. The lowest BCUT2D eigenvalue weighted by Gasteiger charge is -2.44. The lowest BCUT2D eigenvalue weighted by atomic mass is 10.0. The minimum atomic E-state index is -0.748. The Bertz CT molecular complexity index is 301. The van der Waals surface area contributed by atoms with E-state index in [9.17, 15) is 15.0 Å². The molecule has 1 aliphatic carbocycles. The molecule has 0 aromatic rings. The highest BCUT2D eigenvalue weighted by molar-refractivity contribution is 5.74. The zero-order chi connectivity index (χ0) is 12.6. The van der Waals surface area contributed by atoms with Crippen molar-refractivity contribution in [1.82, 2.24) is 4.90 Å². The van der Waals surface area contributed by atoms with Crippen molar-refractivity contribution in [3.63, 3.8) is 0 Å². The Labute approximate surface area is 101 Å². The minimum absolute atomic E-state index is 0.0586. The summed E-state index contributed by atoms with van der Waals surface area (Å²) in [7, 11) is 0. The molecule has 2 unspecified atom stereocenters. The van der Waals surface area contributed by atoms with Gasteiger partial charge in [0.15, 0.2) is 0 Å². The second-order valence-corrected chi connectivity index (χ2v) is 5.73. The average molecular weight is 243 g/mol. The van der Waals surface area contributed by atoms with Gasteiger partial charge in [-0.1, -0.05) is 0 Å². The number of carboxylic acid groups (broad SMARTS) is 1. The Morgan fingerprint density at radius 2 is 2.18 bits per heavy atom. The van der Waals surface area contributed by atoms with Crippen LogP contribution >= 0.6 is 0 Å². The highest BCUT2D eigenvalue weighted by atomic mass is 16.5. The Morgan fingerprint density at radius 1 is 1.53 bits per heavy atom. The summed E-state index contributed by atoms with van der Waals surface area (Å²) in [6.45, 7) is 4.93. The summed E-state index contributed by atoms with van der Waals surface area (Å²) < 4.78 is 5.70. The molecule has 98 valence electrons. The van der Waals surface area contributed by atoms with Gasteiger partial charge in [0.25, 0.3) is 0 Å². The molecule has 0 amide bonds. The molecule has 2 atom stereocenters. The normalized spacial score (nSPS) is 31.1. The number of aliphatic carboxylic acids is 1. The average Bonchev–Trinajstić information content (AvgIpc) is 2.99. The van der Waals surface area contributed by atoms with Crippen LogP contribution in [0.1, 0.15) is 26.7 Å². The van der Waals surface area contributed by atoms with Crippen molar-refractivity contribution in [2.24, 2.45) is 5.92 Å². The van der Waals surface area contributed by atoms with E-state index in [2.05, 4.69) is 0 Å². The fraction of sp³-hybridized carbons (Fsp3) is 0.917. The number of nitrogens with zero attached hydrogens (tertiary/aromatic N) is 1. The SMILES string of the molecule is CC1(C)CN(C(C(=O)O)C2CC2)CC(CO)O1. The van der Waals surface area contributed by atoms with Crippen LogP contribution < -0.4 is 0 Å². The Kier molecular flexibility index (Phi) is 3.43. The fourth-order valence-corrected chi connectivity index (χ4v) is 2.72. The third-order valence-corrected chi connectivity index (χ3v) is 3.43. The van der Waals surface area contributed by atoms with Crippen molar-refractivity contribution < 1.29 is 19.7 Å². The van der Waals surface area contributed by atoms with Crippen LogP contribution in [-0.4, -0.2) is 58.5 Å². The maximum atomic E-state index is 11.3. The first-order chi connectivity index (χ1) is 7.93. The summed E-state index contributed by atoms with van der Waals surface area (Å²) in [6, 6.07) is -0.410. The van der Waals surface area contributed by atoms with E-state index >= 15 is 0 Å². The molecule has 1 saturated carbocycles. The van der Waals surface area contributed by atoms with E-state index in [0.717, 1.165) is 12.8 Å². The van der Waals surface area contributed by atoms with Crippen LogP contribution in [-0.2, 0) is 9.53 Å². The van der Waals surface area contributed by atoms with Crippen LogP contribution in [0.2, 0.25) is 0 Å². The first-order valence-corrected chi connectivity index (χ1v) is 6.18. The second kappa shape index (κ2) is 4.55. The van der Waals surface area contributed by atoms with Gasteiger partial charge in [0.2, 0.25) is 0 Å². The summed E-state index contributed by atoms with van der Waals surface area (Å²) in [6.07, 6.45) is 1.72. The van der Waals surface area contributed by atoms with Crippen molar-refractivity contribution >= 4 is 5.97 Å². The van der Waals surface area contributed by atoms with E-state index in [1.807, 2.05) is 18.7 Å². The number of hydrogen-bond acceptors (Lipinski definition) is 4. The van der Waals surface area contributed by atoms with Gasteiger partial charge in [-0.25, -0.2) is 0 Å². The van der Waals surface area contributed by atoms with Crippen LogP contribution in [0.5, 0.6) is 0 Å². The zero-order valence-corrected chi connectivity index (χ0v) is 10.4. The van der Waals surface area contributed by atoms with E-state index in [1.165, 1.54) is 0 Å². The molecular formula is C12H21NO4. The summed E-state index contributed by atoms with van der Waals surface area (Å²) >= 11 is 0. The topological polar surface area (TPSA) is 70.0 Å². The van der Waals surface area contributed by atoms with Gasteiger partial charge in [-0.2, -0.15) is 0 Å². The quantitative estimate of drug-likeness (QED) is 0.744. The number of ether oxygens (including phenoxy) is 1. The minimum Gasteiger partial charge on any atom is -0.480 e. The molecule has 1 aliphatic heterocycles. The largest absolute Gasteiger partial charge is 0.480 e. The first kappa shape index (κ1) is 12.8. The van der Waals surface area contributed by atoms with Crippen LogP contribution in [0.4, 0.5) is 0 Å². The van der Waals surface area contributed by atoms with Crippen molar-refractivity contribution in [2.75, 3.05) is 19.7 Å². The third-order valence-electron chi connectivity index (χ3n) is 3.43. The van der Waals surface area contributed by atoms with Crippen molar-refractivity contribution in [1.29, 1.82) is 0 Å². The Balaban J connectivity index is 2.10. The summed E-state index contributed by atoms with van der Waals surface area (Å²) in [5.74, 6) is -0.470. The Hall–Kier alpha value is -0.650. The van der Waals surface area contributed by atoms with Gasteiger partial charge in [-0.15, -0.1) is 0 Å². The van der Waals surface area contributed by atoms with Gasteiger partial charge >= 0.3 is 5.97 Å². The van der Waals surface area contributed by atoms with Crippen molar-refractivity contribution in [3.8, 4) is 0 Å². The number of aliphatic hydroxyl groups excluding tert-OH is 1. The molecule has 0 radical (unpaired) electrons. The number of carboxylic acids is 1. The highest BCUT2D eigenvalue weighted by Gasteiger charge is 2.45. The van der Waals surface area contributed by atoms with Gasteiger partial charge in [-0.3, -0.25) is 9.69 Å². The lowest BCUT2D eigenvalue weighted by Crippen LogP contribution is -2.59. The predicted molar refractivity (Wildman–Crippen MR) is 61.8 cm³/mol. The molecule has 1 saturated heterocycles. The summed E-state index contributed by atoms with van der Waals surface area (Å²) in [5, 5.41) is 18.5. The molecule has 0 aromatic carbocycles. The second-order valence-electron chi connectivity index (χ2n) is 5.73. The molecule has 5 nitrogen and oxygen atoms in total. The molecule has 0 aromatic heterocycles. The highest BCUT2D eigenvalue weighted by Crippen LogP contribution is 2.37. The fourth-order valence-electron chi connectivity index (χ4n) is 2.72. The first-order valence-electron chi connectivity index (χ1n) is 6.18. The number of carbonyl (C=O) groups is 1. The van der Waals surface area contributed by atoms with E-state index in [0.29, 0.717) is 13.1 Å². The van der Waals surface area contributed by atoms with Crippen molar-refractivity contribution in [2.45, 2.75) is 44.4 Å². The van der Waals surface area contributed by atoms with Gasteiger partial charge in [0.05, 0.1) is 18.3 Å². The maximum absolute atomic E-state index is 11.3. The lowest BCUT2D eigenvalue weighted by molar-refractivity contribution is -0.170. The molecule has 0 spiro atoms. The van der Waals surface area contributed by atoms with Gasteiger partial charge < -0.3 is 14.9 Å². The molecule has 1 heterocycles. The van der Waals surface area contributed by atoms with E-state index in [-0.39, 0.29) is 18.6 Å². The predicted octanol–water partition coefficient (Wildman–Crippen LogP) is 0.321. The van der Waals surface area contributed by atoms with Crippen LogP contribution in [0.15, 0.2) is 0 Å². The van der Waals surface area contributed by atoms with Gasteiger partial charge in [0, 0.05) is 13.1 Å². The summed E-state index contributed by atoms with van der Waals surface area (Å²) in [4.78, 5) is 13.3. The van der Waals surface area contributed by atoms with Crippen LogP contribution in [0.25, 0.3) is 0 Å². The van der Waals surface area contributed by atoms with E-state index < -0.39 is 17.6 Å². The van der Waals surface area contributed by atoms with Crippen molar-refractivity contribution in [3.05, 3.63) is 0 Å². The van der Waals surface area contributed by atoms with Crippen LogP contribution in [0, 0.1) is 5.92 Å². The van der Waals surface area contributed by atoms with Crippen LogP contribution in [0.3, 0.4) is 0 Å². The Morgan fingerprint density at radius 3 is 2.65 bits per heavy atom. The monoisotopic (exact) mass is 243 g/mol. The molecule has 5 heteroatoms. The molecule has 17 heavy (non-hydrogen) atoms. The summed E-state index contributed by atoms with van der Waals surface area (Å²) in [5.41, 5.74) is -0.395. The third kappa shape index (κ3) is 2.97. The molecule has 2 fully saturated rings. The number of morpholine rings is 1. The number of aliphatic hydroxyl groups is 1. The van der Waals surface area contributed by atoms with Gasteiger partial charge in [0.1, 0.15) is 6.04 Å². The molecule has 2 N–H and O–H groups in total. The molecule has 2 rings (SSSR count). The van der Waals surface area contributed by atoms with Gasteiger partial charge in [-0.05, 0) is 32.6 Å². The number of hydrogen-bond donors (Lipinski definition) is 2. The smallest absolute Gasteiger partial charge is 0.321 e. The molecule has 0 bridgehead atoms. The maximum Gasteiger partial charge on any atom is 0.321 e. The number of rotatable bonds is 4. The molecular weight excluding hydrogens is 222 g/mol. The van der Waals surface area contributed by atoms with E-state index in [4.69, 9.17) is 4.74 Å². The molecule has 2 aliphatic rings.